The minimum absolute atomic E-state index is 0.176. The first-order valence-corrected chi connectivity index (χ1v) is 7.11. The summed E-state index contributed by atoms with van der Waals surface area (Å²) in [5.41, 5.74) is 4.56. The average Bonchev–Trinajstić information content (AvgIpc) is 2.95. The molecule has 19 heavy (non-hydrogen) atoms. The molecule has 100 valence electrons. The summed E-state index contributed by atoms with van der Waals surface area (Å²) >= 11 is 0. The number of carbonyl (C=O) groups is 1. The predicted molar refractivity (Wildman–Crippen MR) is 78.1 cm³/mol. The average molecular weight is 255 g/mol. The van der Waals surface area contributed by atoms with E-state index in [0.717, 1.165) is 23.2 Å². The minimum atomic E-state index is 0.176. The summed E-state index contributed by atoms with van der Waals surface area (Å²) in [4.78, 5) is 12.4. The zero-order valence-electron chi connectivity index (χ0n) is 11.9. The molecule has 1 fully saturated rings. The Morgan fingerprint density at radius 3 is 2.32 bits per heavy atom. The van der Waals surface area contributed by atoms with Gasteiger partial charge < -0.3 is 5.32 Å². The molecule has 1 aromatic carbocycles. The van der Waals surface area contributed by atoms with Crippen LogP contribution < -0.4 is 5.32 Å². The first kappa shape index (κ1) is 12.5. The molecule has 2 aliphatic rings. The zero-order valence-corrected chi connectivity index (χ0v) is 11.9. The summed E-state index contributed by atoms with van der Waals surface area (Å²) in [6, 6.07) is 4.26. The number of hydrogen-bond acceptors (Lipinski definition) is 1. The molecule has 0 radical (unpaired) electrons. The molecule has 0 aromatic heterocycles. The molecule has 1 N–H and O–H groups in total. The molecular formula is C17H21NO. The lowest BCUT2D eigenvalue weighted by Crippen LogP contribution is -2.26. The van der Waals surface area contributed by atoms with Crippen molar-refractivity contribution < 1.29 is 4.79 Å². The molecule has 2 bridgehead atoms. The van der Waals surface area contributed by atoms with E-state index in [-0.39, 0.29) is 11.8 Å². The van der Waals surface area contributed by atoms with Crippen LogP contribution in [0.25, 0.3) is 0 Å². The number of fused-ring (bicyclic) bond motifs is 2. The van der Waals surface area contributed by atoms with Crippen LogP contribution in [0.5, 0.6) is 0 Å². The number of benzene rings is 1. The van der Waals surface area contributed by atoms with E-state index in [2.05, 4.69) is 50.4 Å². The Morgan fingerprint density at radius 2 is 1.79 bits per heavy atom. The van der Waals surface area contributed by atoms with Crippen LogP contribution in [-0.4, -0.2) is 5.91 Å². The number of anilines is 1. The molecule has 0 aliphatic heterocycles. The summed E-state index contributed by atoms with van der Waals surface area (Å²) in [6.45, 7) is 6.22. The number of hydrogen-bond donors (Lipinski definition) is 1. The van der Waals surface area contributed by atoms with E-state index in [1.54, 1.807) is 0 Å². The van der Waals surface area contributed by atoms with Gasteiger partial charge in [0.15, 0.2) is 0 Å². The van der Waals surface area contributed by atoms with Crippen molar-refractivity contribution in [1.82, 2.24) is 0 Å². The molecule has 3 unspecified atom stereocenters. The molecule has 2 aliphatic carbocycles. The van der Waals surface area contributed by atoms with Gasteiger partial charge in [-0.05, 0) is 56.6 Å². The Balaban J connectivity index is 1.79. The van der Waals surface area contributed by atoms with E-state index in [1.807, 2.05) is 0 Å². The number of nitrogens with one attached hydrogen (secondary N) is 1. The van der Waals surface area contributed by atoms with Gasteiger partial charge in [0.1, 0.15) is 0 Å². The van der Waals surface area contributed by atoms with Gasteiger partial charge in [0, 0.05) is 11.6 Å². The molecule has 1 aromatic rings. The second-order valence-corrected chi connectivity index (χ2v) is 6.15. The molecule has 2 heteroatoms. The number of carbonyl (C=O) groups excluding carboxylic acids is 1. The largest absolute Gasteiger partial charge is 0.325 e. The SMILES string of the molecule is Cc1cc(C)c(NC(=O)C2CC3C=CC2C3)c(C)c1. The summed E-state index contributed by atoms with van der Waals surface area (Å²) in [5.74, 6) is 1.49. The van der Waals surface area contributed by atoms with Gasteiger partial charge in [-0.3, -0.25) is 4.79 Å². The molecule has 1 saturated carbocycles. The first-order chi connectivity index (χ1) is 9.04. The van der Waals surface area contributed by atoms with Crippen LogP contribution in [0.2, 0.25) is 0 Å². The highest BCUT2D eigenvalue weighted by atomic mass is 16.1. The van der Waals surface area contributed by atoms with Crippen LogP contribution in [-0.2, 0) is 4.79 Å². The Hall–Kier alpha value is -1.57. The highest BCUT2D eigenvalue weighted by Gasteiger charge is 2.39. The van der Waals surface area contributed by atoms with E-state index in [9.17, 15) is 4.79 Å². The molecule has 1 amide bonds. The van der Waals surface area contributed by atoms with Crippen molar-refractivity contribution in [1.29, 1.82) is 0 Å². The fourth-order valence-electron chi connectivity index (χ4n) is 3.68. The van der Waals surface area contributed by atoms with Crippen LogP contribution in [0, 0.1) is 38.5 Å². The van der Waals surface area contributed by atoms with Crippen LogP contribution in [0.1, 0.15) is 29.5 Å². The maximum Gasteiger partial charge on any atom is 0.228 e. The number of aryl methyl sites for hydroxylation is 3. The van der Waals surface area contributed by atoms with Gasteiger partial charge in [-0.15, -0.1) is 0 Å². The molecule has 2 nitrogen and oxygen atoms in total. The Labute approximate surface area is 114 Å². The highest BCUT2D eigenvalue weighted by molar-refractivity contribution is 5.94. The molecular weight excluding hydrogens is 234 g/mol. The minimum Gasteiger partial charge on any atom is -0.325 e. The fourth-order valence-corrected chi connectivity index (χ4v) is 3.68. The van der Waals surface area contributed by atoms with Crippen molar-refractivity contribution in [3.8, 4) is 0 Å². The first-order valence-electron chi connectivity index (χ1n) is 7.11. The van der Waals surface area contributed by atoms with Crippen molar-refractivity contribution in [2.75, 3.05) is 5.32 Å². The number of rotatable bonds is 2. The van der Waals surface area contributed by atoms with Crippen LogP contribution in [0.15, 0.2) is 24.3 Å². The van der Waals surface area contributed by atoms with Gasteiger partial charge in [0.05, 0.1) is 0 Å². The van der Waals surface area contributed by atoms with Crippen molar-refractivity contribution in [3.63, 3.8) is 0 Å². The smallest absolute Gasteiger partial charge is 0.228 e. The molecule has 3 atom stereocenters. The molecule has 0 saturated heterocycles. The second-order valence-electron chi connectivity index (χ2n) is 6.15. The third-order valence-corrected chi connectivity index (χ3v) is 4.54. The van der Waals surface area contributed by atoms with E-state index in [4.69, 9.17) is 0 Å². The monoisotopic (exact) mass is 255 g/mol. The summed E-state index contributed by atoms with van der Waals surface area (Å²) in [7, 11) is 0. The zero-order chi connectivity index (χ0) is 13.6. The summed E-state index contributed by atoms with van der Waals surface area (Å²) < 4.78 is 0. The van der Waals surface area contributed by atoms with Gasteiger partial charge in [-0.25, -0.2) is 0 Å². The molecule has 0 heterocycles. The van der Waals surface area contributed by atoms with Gasteiger partial charge in [0.2, 0.25) is 5.91 Å². The van der Waals surface area contributed by atoms with E-state index in [0.29, 0.717) is 11.8 Å². The van der Waals surface area contributed by atoms with Crippen molar-refractivity contribution >= 4 is 11.6 Å². The van der Waals surface area contributed by atoms with Crippen molar-refractivity contribution in [2.24, 2.45) is 17.8 Å². The second kappa shape index (κ2) is 4.52. The van der Waals surface area contributed by atoms with Crippen molar-refractivity contribution in [2.45, 2.75) is 33.6 Å². The third kappa shape index (κ3) is 2.20. The van der Waals surface area contributed by atoms with Crippen LogP contribution >= 0.6 is 0 Å². The lowest BCUT2D eigenvalue weighted by molar-refractivity contribution is -0.120. The Morgan fingerprint density at radius 1 is 1.11 bits per heavy atom. The van der Waals surface area contributed by atoms with E-state index >= 15 is 0 Å². The van der Waals surface area contributed by atoms with Gasteiger partial charge >= 0.3 is 0 Å². The van der Waals surface area contributed by atoms with E-state index in [1.165, 1.54) is 12.0 Å². The number of amides is 1. The standard InChI is InChI=1S/C17H21NO/c1-10-6-11(2)16(12(3)7-10)18-17(19)15-9-13-4-5-14(15)8-13/h4-7,13-15H,8-9H2,1-3H3,(H,18,19). The van der Waals surface area contributed by atoms with Crippen LogP contribution in [0.4, 0.5) is 5.69 Å². The predicted octanol–water partition coefficient (Wildman–Crippen LogP) is 3.76. The molecule has 0 spiro atoms. The van der Waals surface area contributed by atoms with Gasteiger partial charge in [-0.1, -0.05) is 29.8 Å². The van der Waals surface area contributed by atoms with Gasteiger partial charge in [-0.2, -0.15) is 0 Å². The van der Waals surface area contributed by atoms with E-state index < -0.39 is 0 Å². The topological polar surface area (TPSA) is 29.1 Å². The van der Waals surface area contributed by atoms with Crippen molar-refractivity contribution in [3.05, 3.63) is 41.0 Å². The third-order valence-electron chi connectivity index (χ3n) is 4.54. The lowest BCUT2D eigenvalue weighted by Gasteiger charge is -2.20. The Kier molecular flexibility index (Phi) is 2.96. The number of allylic oxidation sites excluding steroid dienone is 2. The molecule has 3 rings (SSSR count). The maximum atomic E-state index is 12.4. The lowest BCUT2D eigenvalue weighted by atomic mass is 9.92. The van der Waals surface area contributed by atoms with Gasteiger partial charge in [0.25, 0.3) is 0 Å². The highest BCUT2D eigenvalue weighted by Crippen LogP contribution is 2.44. The summed E-state index contributed by atoms with van der Waals surface area (Å²) in [5, 5.41) is 3.16. The Bertz CT molecular complexity index is 535. The summed E-state index contributed by atoms with van der Waals surface area (Å²) in [6.07, 6.45) is 6.70. The quantitative estimate of drug-likeness (QED) is 0.801. The fraction of sp³-hybridized carbons (Fsp3) is 0.471. The van der Waals surface area contributed by atoms with Crippen LogP contribution in [0.3, 0.4) is 0 Å². The maximum absolute atomic E-state index is 12.4. The normalized spacial score (nSPS) is 27.8.